The number of aromatic nitrogens is 5. The number of rotatable bonds is 5. The van der Waals surface area contributed by atoms with E-state index in [4.69, 9.17) is 15.0 Å². The third kappa shape index (κ3) is 5.32. The van der Waals surface area contributed by atoms with E-state index in [0.717, 1.165) is 66.0 Å². The number of para-hydroxylation sites is 1. The van der Waals surface area contributed by atoms with Crippen molar-refractivity contribution in [3.63, 3.8) is 0 Å². The van der Waals surface area contributed by atoms with Gasteiger partial charge in [0.25, 0.3) is 0 Å². The molecule has 13 aromatic rings. The standard InChI is InChI=1S/C57H35N5/c1-2-14-36(15-3-1)40-21-12-22-43(32-40)55-58-56(44-29-28-37-16-4-5-18-39(37)33-44)60-57(59-55)62-50-27-13-26-49(54(50)47-34-41-19-6-7-20-42(41)35-52(47)62)61-48-25-11-10-24-46(48)53-45-23-9-8-17-38(45)30-31-51(53)61/h1-35H. The summed E-state index contributed by atoms with van der Waals surface area (Å²) in [6.07, 6.45) is 0. The van der Waals surface area contributed by atoms with Gasteiger partial charge in [-0.15, -0.1) is 0 Å². The molecule has 62 heavy (non-hydrogen) atoms. The first kappa shape index (κ1) is 34.5. The SMILES string of the molecule is c1ccc(-c2cccc(-c3nc(-c4ccc5ccccc5c4)nc(-n4c5cc6ccccc6cc5c5c(-n6c7ccccc7c7c8ccccc8ccc76)cccc54)n3)c2)cc1. The predicted octanol–water partition coefficient (Wildman–Crippen LogP) is 14.5. The van der Waals surface area contributed by atoms with Gasteiger partial charge in [0.2, 0.25) is 5.95 Å². The van der Waals surface area contributed by atoms with Gasteiger partial charge in [-0.1, -0.05) is 164 Å². The van der Waals surface area contributed by atoms with Gasteiger partial charge in [0.1, 0.15) is 0 Å². The monoisotopic (exact) mass is 789 g/mol. The van der Waals surface area contributed by atoms with E-state index >= 15 is 0 Å². The summed E-state index contributed by atoms with van der Waals surface area (Å²) in [5, 5.41) is 11.8. The van der Waals surface area contributed by atoms with Crippen LogP contribution in [0.1, 0.15) is 0 Å². The van der Waals surface area contributed by atoms with Crippen molar-refractivity contribution >= 4 is 75.9 Å². The van der Waals surface area contributed by atoms with E-state index in [-0.39, 0.29) is 0 Å². The Kier molecular flexibility index (Phi) is 7.54. The number of fused-ring (bicyclic) bond motifs is 10. The van der Waals surface area contributed by atoms with Crippen LogP contribution in [0.25, 0.3) is 121 Å². The van der Waals surface area contributed by atoms with Crippen molar-refractivity contribution in [3.05, 3.63) is 212 Å². The second-order valence-corrected chi connectivity index (χ2v) is 16.0. The Morgan fingerprint density at radius 1 is 0.274 bits per heavy atom. The maximum Gasteiger partial charge on any atom is 0.238 e. The van der Waals surface area contributed by atoms with Crippen LogP contribution in [0.15, 0.2) is 212 Å². The quantitative estimate of drug-likeness (QED) is 0.174. The molecule has 0 fully saturated rings. The summed E-state index contributed by atoms with van der Waals surface area (Å²) in [7, 11) is 0. The summed E-state index contributed by atoms with van der Waals surface area (Å²) >= 11 is 0. The molecule has 0 N–H and O–H groups in total. The van der Waals surface area contributed by atoms with Gasteiger partial charge in [-0.3, -0.25) is 4.57 Å². The highest BCUT2D eigenvalue weighted by Crippen LogP contribution is 2.43. The lowest BCUT2D eigenvalue weighted by Gasteiger charge is -2.13. The molecule has 288 valence electrons. The van der Waals surface area contributed by atoms with Crippen molar-refractivity contribution in [2.75, 3.05) is 0 Å². The molecule has 5 nitrogen and oxygen atoms in total. The van der Waals surface area contributed by atoms with Crippen LogP contribution in [0.3, 0.4) is 0 Å². The van der Waals surface area contributed by atoms with Gasteiger partial charge in [-0.05, 0) is 92.0 Å². The van der Waals surface area contributed by atoms with E-state index in [9.17, 15) is 0 Å². The van der Waals surface area contributed by atoms with Crippen LogP contribution in [0.4, 0.5) is 0 Å². The van der Waals surface area contributed by atoms with E-state index in [1.54, 1.807) is 0 Å². The Morgan fingerprint density at radius 2 is 0.855 bits per heavy atom. The molecule has 0 aliphatic carbocycles. The molecule has 3 heterocycles. The van der Waals surface area contributed by atoms with Crippen molar-refractivity contribution in [1.29, 1.82) is 0 Å². The third-order valence-corrected chi connectivity index (χ3v) is 12.5. The molecule has 13 rings (SSSR count). The fourth-order valence-corrected chi connectivity index (χ4v) is 9.65. The first-order valence-corrected chi connectivity index (χ1v) is 21.0. The molecule has 0 bridgehead atoms. The average Bonchev–Trinajstić information content (AvgIpc) is 3.86. The zero-order valence-corrected chi connectivity index (χ0v) is 33.4. The van der Waals surface area contributed by atoms with Crippen LogP contribution in [-0.2, 0) is 0 Å². The van der Waals surface area contributed by atoms with Crippen LogP contribution in [-0.4, -0.2) is 24.1 Å². The van der Waals surface area contributed by atoms with E-state index in [1.165, 1.54) is 37.8 Å². The molecule has 0 saturated heterocycles. The van der Waals surface area contributed by atoms with Crippen molar-refractivity contribution in [2.24, 2.45) is 0 Å². The summed E-state index contributed by atoms with van der Waals surface area (Å²) in [4.78, 5) is 16.1. The Morgan fingerprint density at radius 3 is 1.68 bits per heavy atom. The first-order valence-electron chi connectivity index (χ1n) is 21.0. The van der Waals surface area contributed by atoms with E-state index in [2.05, 4.69) is 215 Å². The molecule has 0 atom stereocenters. The number of hydrogen-bond donors (Lipinski definition) is 0. The van der Waals surface area contributed by atoms with Gasteiger partial charge in [-0.2, -0.15) is 9.97 Å². The van der Waals surface area contributed by atoms with Crippen molar-refractivity contribution in [2.45, 2.75) is 0 Å². The molecular weight excluding hydrogens is 755 g/mol. The Balaban J connectivity index is 1.13. The van der Waals surface area contributed by atoms with Gasteiger partial charge in [-0.25, -0.2) is 4.98 Å². The molecule has 5 heteroatoms. The Hall–Kier alpha value is -8.41. The first-order chi connectivity index (χ1) is 30.7. The second-order valence-electron chi connectivity index (χ2n) is 16.0. The Labute approximate surface area is 356 Å². The minimum absolute atomic E-state index is 0.559. The number of benzene rings is 10. The van der Waals surface area contributed by atoms with Gasteiger partial charge in [0.05, 0.1) is 27.8 Å². The van der Waals surface area contributed by atoms with Crippen LogP contribution >= 0.6 is 0 Å². The molecule has 0 unspecified atom stereocenters. The highest BCUT2D eigenvalue weighted by molar-refractivity contribution is 6.23. The summed E-state index contributed by atoms with van der Waals surface area (Å²) in [5.74, 6) is 1.78. The summed E-state index contributed by atoms with van der Waals surface area (Å²) in [6.45, 7) is 0. The van der Waals surface area contributed by atoms with E-state index in [1.807, 2.05) is 6.07 Å². The highest BCUT2D eigenvalue weighted by Gasteiger charge is 2.23. The second kappa shape index (κ2) is 13.6. The fourth-order valence-electron chi connectivity index (χ4n) is 9.65. The van der Waals surface area contributed by atoms with E-state index < -0.39 is 0 Å². The van der Waals surface area contributed by atoms with Crippen LogP contribution < -0.4 is 0 Å². The lowest BCUT2D eigenvalue weighted by Crippen LogP contribution is -2.06. The highest BCUT2D eigenvalue weighted by atomic mass is 15.2. The fraction of sp³-hybridized carbons (Fsp3) is 0. The summed E-state index contributed by atoms with van der Waals surface area (Å²) in [5.41, 5.74) is 9.55. The minimum atomic E-state index is 0.559. The van der Waals surface area contributed by atoms with Gasteiger partial charge in [0, 0.05) is 32.7 Å². The molecule has 0 aliphatic rings. The Bertz CT molecular complexity index is 3930. The van der Waals surface area contributed by atoms with Crippen LogP contribution in [0, 0.1) is 0 Å². The van der Waals surface area contributed by atoms with Crippen molar-refractivity contribution in [1.82, 2.24) is 24.1 Å². The maximum absolute atomic E-state index is 5.41. The molecule has 0 saturated carbocycles. The smallest absolute Gasteiger partial charge is 0.238 e. The van der Waals surface area contributed by atoms with Gasteiger partial charge >= 0.3 is 0 Å². The van der Waals surface area contributed by atoms with Crippen molar-refractivity contribution in [3.8, 4) is 45.5 Å². The third-order valence-electron chi connectivity index (χ3n) is 12.5. The average molecular weight is 790 g/mol. The van der Waals surface area contributed by atoms with Gasteiger partial charge < -0.3 is 4.57 Å². The molecule has 0 radical (unpaired) electrons. The van der Waals surface area contributed by atoms with Crippen LogP contribution in [0.5, 0.6) is 0 Å². The topological polar surface area (TPSA) is 48.5 Å². The molecule has 0 aliphatic heterocycles. The number of hydrogen-bond acceptors (Lipinski definition) is 3. The van der Waals surface area contributed by atoms with E-state index in [0.29, 0.717) is 17.6 Å². The van der Waals surface area contributed by atoms with Crippen molar-refractivity contribution < 1.29 is 0 Å². The van der Waals surface area contributed by atoms with Gasteiger partial charge in [0.15, 0.2) is 11.6 Å². The summed E-state index contributed by atoms with van der Waals surface area (Å²) in [6, 6.07) is 75.8. The maximum atomic E-state index is 5.41. The predicted molar refractivity (Wildman–Crippen MR) is 257 cm³/mol. The normalized spacial score (nSPS) is 11.9. The van der Waals surface area contributed by atoms with Crippen LogP contribution in [0.2, 0.25) is 0 Å². The molecule has 3 aromatic heterocycles. The molecule has 0 spiro atoms. The summed E-state index contributed by atoms with van der Waals surface area (Å²) < 4.78 is 4.70. The molecule has 0 amide bonds. The lowest BCUT2D eigenvalue weighted by atomic mass is 10.0. The zero-order chi connectivity index (χ0) is 40.7. The number of nitrogens with zero attached hydrogens (tertiary/aromatic N) is 5. The largest absolute Gasteiger partial charge is 0.309 e. The lowest BCUT2D eigenvalue weighted by molar-refractivity contribution is 0.954. The molecule has 10 aromatic carbocycles. The minimum Gasteiger partial charge on any atom is -0.309 e. The molecular formula is C57H35N5. The zero-order valence-electron chi connectivity index (χ0n) is 33.4.